The minimum atomic E-state index is -1.22. The van der Waals surface area contributed by atoms with Crippen molar-refractivity contribution in [1.82, 2.24) is 0 Å². The van der Waals surface area contributed by atoms with Crippen LogP contribution in [-0.4, -0.2) is 6.15 Å². The van der Waals surface area contributed by atoms with Crippen LogP contribution in [0.25, 0.3) is 0 Å². The molecule has 0 saturated carbocycles. The van der Waals surface area contributed by atoms with Crippen molar-refractivity contribution < 1.29 is 0 Å². The summed E-state index contributed by atoms with van der Waals surface area (Å²) in [6.45, 7) is 16.0. The fraction of sp³-hybridized carbons (Fsp3) is 0.250. The molecule has 1 heteroatoms. The minimum absolute atomic E-state index is 1.22. The highest BCUT2D eigenvalue weighted by molar-refractivity contribution is 7.19. The predicted octanol–water partition coefficient (Wildman–Crippen LogP) is 7.17. The van der Waals surface area contributed by atoms with E-state index in [1.165, 1.54) is 21.9 Å². The van der Waals surface area contributed by atoms with Crippen molar-refractivity contribution in [2.24, 2.45) is 0 Å². The van der Waals surface area contributed by atoms with Gasteiger partial charge in [-0.25, -0.2) is 0 Å². The Morgan fingerprint density at radius 2 is 0.424 bits per heavy atom. The topological polar surface area (TPSA) is 0 Å². The first-order chi connectivity index (χ1) is 16.4. The normalized spacial score (nSPS) is 9.21. The summed E-state index contributed by atoms with van der Waals surface area (Å²) < 4.78 is 0. The number of hydrogen-bond donors (Lipinski definition) is 0. The highest BCUT2D eigenvalue weighted by atomic mass is 14.1. The fourth-order valence-corrected chi connectivity index (χ4v) is 4.12. The lowest BCUT2D eigenvalue weighted by atomic mass is 9.13. The smallest absolute Gasteiger partial charge is 0.108 e. The maximum atomic E-state index is 2.26. The zero-order valence-corrected chi connectivity index (χ0v) is 22.1. The van der Waals surface area contributed by atoms with E-state index < -0.39 is 6.15 Å². The molecule has 0 amide bonds. The quantitative estimate of drug-likeness (QED) is 0.296. The third-order valence-corrected chi connectivity index (χ3v) is 5.20. The summed E-state index contributed by atoms with van der Waals surface area (Å²) in [5.41, 5.74) is 5.36. The van der Waals surface area contributed by atoms with Crippen LogP contribution in [0, 0.1) is 0 Å². The van der Waals surface area contributed by atoms with E-state index in [4.69, 9.17) is 0 Å². The molecule has 0 nitrogen and oxygen atoms in total. The first-order valence-corrected chi connectivity index (χ1v) is 12.8. The second-order valence-electron chi connectivity index (χ2n) is 6.51. The van der Waals surface area contributed by atoms with Crippen LogP contribution in [0.1, 0.15) is 55.4 Å². The highest BCUT2D eigenvalue weighted by Gasteiger charge is 2.30. The second kappa shape index (κ2) is 18.5. The number of benzene rings is 4. The van der Waals surface area contributed by atoms with Crippen molar-refractivity contribution >= 4 is 28.0 Å². The van der Waals surface area contributed by atoms with Crippen LogP contribution < -0.4 is 21.9 Å². The summed E-state index contributed by atoms with van der Waals surface area (Å²) in [6.07, 6.45) is -1.22. The Labute approximate surface area is 204 Å². The van der Waals surface area contributed by atoms with Crippen LogP contribution >= 0.6 is 0 Å². The van der Waals surface area contributed by atoms with Gasteiger partial charge in [0.2, 0.25) is 0 Å². The van der Waals surface area contributed by atoms with E-state index in [9.17, 15) is 0 Å². The molecule has 0 bridgehead atoms. The van der Waals surface area contributed by atoms with Crippen molar-refractivity contribution in [3.05, 3.63) is 121 Å². The van der Waals surface area contributed by atoms with Crippen LogP contribution in [0.2, 0.25) is 0 Å². The maximum absolute atomic E-state index is 2.26. The molecule has 0 radical (unpaired) electrons. The van der Waals surface area contributed by atoms with Crippen molar-refractivity contribution in [3.8, 4) is 0 Å². The molecular weight excluding hydrogens is 395 g/mol. The van der Waals surface area contributed by atoms with Crippen LogP contribution in [-0.2, 0) is 0 Å². The molecule has 0 saturated heterocycles. The van der Waals surface area contributed by atoms with Gasteiger partial charge >= 0.3 is 0 Å². The Morgan fingerprint density at radius 3 is 0.576 bits per heavy atom. The molecule has 176 valence electrons. The monoisotopic (exact) mass is 439 g/mol. The average Bonchev–Trinajstić information content (AvgIpc) is 2.96. The Kier molecular flexibility index (Phi) is 16.8. The molecule has 0 aliphatic rings. The summed E-state index contributed by atoms with van der Waals surface area (Å²) >= 11 is 0. The lowest BCUT2D eigenvalue weighted by Crippen LogP contribution is -2.74. The molecule has 0 aliphatic carbocycles. The van der Waals surface area contributed by atoms with E-state index in [0.29, 0.717) is 0 Å². The molecule has 33 heavy (non-hydrogen) atoms. The van der Waals surface area contributed by atoms with Crippen molar-refractivity contribution in [2.45, 2.75) is 55.4 Å². The molecule has 0 heterocycles. The maximum Gasteiger partial charge on any atom is 0.108 e. The summed E-state index contributed by atoms with van der Waals surface area (Å²) in [4.78, 5) is 0. The average molecular weight is 440 g/mol. The van der Waals surface area contributed by atoms with E-state index in [2.05, 4.69) is 121 Å². The van der Waals surface area contributed by atoms with Crippen molar-refractivity contribution in [1.29, 1.82) is 0 Å². The Bertz CT molecular complexity index is 754. The molecule has 0 aromatic heterocycles. The second-order valence-corrected chi connectivity index (χ2v) is 6.51. The van der Waals surface area contributed by atoms with E-state index >= 15 is 0 Å². The Balaban J connectivity index is 0.00000116. The van der Waals surface area contributed by atoms with Gasteiger partial charge in [-0.1, -0.05) is 177 Å². The van der Waals surface area contributed by atoms with Crippen LogP contribution in [0.3, 0.4) is 0 Å². The van der Waals surface area contributed by atoms with Gasteiger partial charge in [-0.15, -0.1) is 0 Å². The zero-order chi connectivity index (χ0) is 25.0. The van der Waals surface area contributed by atoms with Gasteiger partial charge in [0.1, 0.15) is 6.15 Å². The molecule has 4 aromatic carbocycles. The van der Waals surface area contributed by atoms with Gasteiger partial charge in [0.15, 0.2) is 0 Å². The lowest BCUT2D eigenvalue weighted by Gasteiger charge is -2.44. The van der Waals surface area contributed by atoms with Crippen LogP contribution in [0.15, 0.2) is 121 Å². The predicted molar refractivity (Wildman–Crippen MR) is 155 cm³/mol. The Morgan fingerprint density at radius 1 is 0.273 bits per heavy atom. The van der Waals surface area contributed by atoms with Gasteiger partial charge < -0.3 is 0 Å². The molecule has 0 unspecified atom stereocenters. The van der Waals surface area contributed by atoms with Gasteiger partial charge in [-0.05, 0) is 0 Å². The van der Waals surface area contributed by atoms with Crippen LogP contribution in [0.5, 0.6) is 0 Å². The number of rotatable bonds is 4. The first-order valence-electron chi connectivity index (χ1n) is 12.8. The SMILES string of the molecule is CC.CC.CC.CC.c1ccc([B-](c2ccccc2)(c2ccccc2)c2ccccc2)cc1. The van der Waals surface area contributed by atoms with E-state index in [-0.39, 0.29) is 0 Å². The standard InChI is InChI=1S/C24H20B.4C2H6/c1-5-13-21(14-6-1)25(22-15-7-2-8-16-22,23-17-9-3-10-18-23)24-19-11-4-12-20-24;4*1-2/h1-20H;4*1-2H3/q-1;;;;. The Hall–Kier alpha value is -3.06. The molecule has 0 atom stereocenters. The van der Waals surface area contributed by atoms with Gasteiger partial charge in [-0.2, -0.15) is 21.9 Å². The summed E-state index contributed by atoms with van der Waals surface area (Å²) in [5.74, 6) is 0. The molecule has 0 fully saturated rings. The largest absolute Gasteiger partial charge is 0.195 e. The van der Waals surface area contributed by atoms with Gasteiger partial charge in [-0.3, -0.25) is 0 Å². The summed E-state index contributed by atoms with van der Waals surface area (Å²) in [6, 6.07) is 43.5. The third kappa shape index (κ3) is 7.50. The van der Waals surface area contributed by atoms with Gasteiger partial charge in [0.05, 0.1) is 0 Å². The van der Waals surface area contributed by atoms with E-state index in [1.807, 2.05) is 55.4 Å². The number of hydrogen-bond acceptors (Lipinski definition) is 0. The van der Waals surface area contributed by atoms with Crippen molar-refractivity contribution in [2.75, 3.05) is 0 Å². The van der Waals surface area contributed by atoms with Gasteiger partial charge in [0, 0.05) is 0 Å². The molecular formula is C32H44B-. The van der Waals surface area contributed by atoms with Gasteiger partial charge in [0.25, 0.3) is 0 Å². The molecule has 0 N–H and O–H groups in total. The highest BCUT2D eigenvalue weighted by Crippen LogP contribution is 2.09. The fourth-order valence-electron chi connectivity index (χ4n) is 4.12. The van der Waals surface area contributed by atoms with E-state index in [1.54, 1.807) is 0 Å². The summed E-state index contributed by atoms with van der Waals surface area (Å²) in [5, 5.41) is 0. The van der Waals surface area contributed by atoms with Crippen LogP contribution in [0.4, 0.5) is 0 Å². The first kappa shape index (κ1) is 29.9. The molecule has 0 spiro atoms. The lowest BCUT2D eigenvalue weighted by molar-refractivity contribution is 1.50. The van der Waals surface area contributed by atoms with E-state index in [0.717, 1.165) is 0 Å². The third-order valence-electron chi connectivity index (χ3n) is 5.20. The minimum Gasteiger partial charge on any atom is -0.195 e. The van der Waals surface area contributed by atoms with Crippen molar-refractivity contribution in [3.63, 3.8) is 0 Å². The zero-order valence-electron chi connectivity index (χ0n) is 22.1. The molecule has 4 rings (SSSR count). The molecule has 4 aromatic rings. The molecule has 0 aliphatic heterocycles. The summed E-state index contributed by atoms with van der Waals surface area (Å²) in [7, 11) is 0.